The second kappa shape index (κ2) is 6.03. The normalized spacial score (nSPS) is 10.5. The number of alkyl halides is 2. The van der Waals surface area contributed by atoms with Crippen molar-refractivity contribution in [2.24, 2.45) is 0 Å². The topological polar surface area (TPSA) is 103 Å². The summed E-state index contributed by atoms with van der Waals surface area (Å²) in [6.07, 6.45) is -3.29. The Labute approximate surface area is 106 Å². The van der Waals surface area contributed by atoms with Crippen molar-refractivity contribution in [1.29, 1.82) is 0 Å². The number of aromatic nitrogens is 1. The van der Waals surface area contributed by atoms with Crippen molar-refractivity contribution in [2.45, 2.75) is 19.8 Å². The molecule has 0 fully saturated rings. The summed E-state index contributed by atoms with van der Waals surface area (Å²) < 4.78 is 30.3. The third kappa shape index (κ3) is 3.33. The number of hydrogen-bond donors (Lipinski definition) is 1. The van der Waals surface area contributed by atoms with Gasteiger partial charge in [-0.3, -0.25) is 4.79 Å². The predicted octanol–water partition coefficient (Wildman–Crippen LogP) is 1.74. The van der Waals surface area contributed by atoms with Gasteiger partial charge in [-0.15, -0.1) is 0 Å². The van der Waals surface area contributed by atoms with Crippen LogP contribution in [0, 0.1) is 10.1 Å². The first kappa shape index (κ1) is 14.7. The van der Waals surface area contributed by atoms with Crippen molar-refractivity contribution < 1.29 is 28.3 Å². The number of hydrogen-bond acceptors (Lipinski definition) is 6. The SMILES string of the molecule is CCOC(=O)Cc1c(O)cnc([N+](=O)[O-])c1C(F)F. The number of ether oxygens (including phenoxy) is 1. The van der Waals surface area contributed by atoms with Crippen molar-refractivity contribution in [3.05, 3.63) is 27.4 Å². The zero-order chi connectivity index (χ0) is 14.6. The van der Waals surface area contributed by atoms with Crippen LogP contribution < -0.4 is 0 Å². The minimum absolute atomic E-state index is 0.0246. The van der Waals surface area contributed by atoms with E-state index in [2.05, 4.69) is 9.72 Å². The summed E-state index contributed by atoms with van der Waals surface area (Å²) in [7, 11) is 0. The Morgan fingerprint density at radius 1 is 1.63 bits per heavy atom. The molecule has 0 spiro atoms. The molecule has 0 aliphatic carbocycles. The summed E-state index contributed by atoms with van der Waals surface area (Å²) in [5.41, 5.74) is -1.62. The molecule has 1 rings (SSSR count). The molecule has 0 bridgehead atoms. The fraction of sp³-hybridized carbons (Fsp3) is 0.400. The molecule has 1 heterocycles. The maximum absolute atomic E-state index is 12.9. The largest absolute Gasteiger partial charge is 0.504 e. The Hall–Kier alpha value is -2.32. The summed E-state index contributed by atoms with van der Waals surface area (Å²) in [4.78, 5) is 23.9. The monoisotopic (exact) mass is 276 g/mol. The fourth-order valence-corrected chi connectivity index (χ4v) is 1.46. The summed E-state index contributed by atoms with van der Waals surface area (Å²) in [6.45, 7) is 1.54. The number of nitrogens with zero attached hydrogens (tertiary/aromatic N) is 2. The second-order valence-corrected chi connectivity index (χ2v) is 3.40. The van der Waals surface area contributed by atoms with Crippen molar-refractivity contribution in [2.75, 3.05) is 6.61 Å². The van der Waals surface area contributed by atoms with Gasteiger partial charge in [0.25, 0.3) is 6.43 Å². The molecule has 1 N–H and O–H groups in total. The average molecular weight is 276 g/mol. The van der Waals surface area contributed by atoms with Crippen molar-refractivity contribution in [3.63, 3.8) is 0 Å². The summed E-state index contributed by atoms with van der Waals surface area (Å²) >= 11 is 0. The maximum Gasteiger partial charge on any atom is 0.372 e. The third-order valence-electron chi connectivity index (χ3n) is 2.20. The van der Waals surface area contributed by atoms with Gasteiger partial charge in [0.15, 0.2) is 11.9 Å². The average Bonchev–Trinajstić information content (AvgIpc) is 2.31. The van der Waals surface area contributed by atoms with E-state index in [1.54, 1.807) is 0 Å². The zero-order valence-corrected chi connectivity index (χ0v) is 9.80. The minimum Gasteiger partial charge on any atom is -0.504 e. The third-order valence-corrected chi connectivity index (χ3v) is 2.20. The molecule has 0 aliphatic heterocycles. The van der Waals surface area contributed by atoms with Crippen molar-refractivity contribution in [3.8, 4) is 5.75 Å². The van der Waals surface area contributed by atoms with Gasteiger partial charge in [0, 0.05) is 5.56 Å². The van der Waals surface area contributed by atoms with Crippen LogP contribution in [0.15, 0.2) is 6.20 Å². The molecule has 9 heteroatoms. The van der Waals surface area contributed by atoms with Gasteiger partial charge in [0.2, 0.25) is 0 Å². The molecule has 0 saturated heterocycles. The summed E-state index contributed by atoms with van der Waals surface area (Å²) in [5.74, 6) is -2.68. The number of carbonyl (C=O) groups excluding carboxylic acids is 1. The number of halogens is 2. The van der Waals surface area contributed by atoms with Gasteiger partial charge < -0.3 is 20.0 Å². The fourth-order valence-electron chi connectivity index (χ4n) is 1.46. The number of rotatable bonds is 5. The molecule has 0 atom stereocenters. The molecule has 0 saturated carbocycles. The van der Waals surface area contributed by atoms with Crippen LogP contribution in [-0.4, -0.2) is 27.6 Å². The summed E-state index contributed by atoms with van der Waals surface area (Å²) in [6, 6.07) is 0. The lowest BCUT2D eigenvalue weighted by atomic mass is 10.1. The van der Waals surface area contributed by atoms with Gasteiger partial charge in [-0.25, -0.2) is 8.78 Å². The Morgan fingerprint density at radius 3 is 2.74 bits per heavy atom. The number of pyridine rings is 1. The molecule has 0 aromatic carbocycles. The van der Waals surface area contributed by atoms with Crippen LogP contribution in [0.25, 0.3) is 0 Å². The standard InChI is InChI=1S/C10H10F2N2O5/c1-2-19-7(16)3-5-6(15)4-13-10(14(17)18)8(5)9(11)12/h4,9,15H,2-3H2,1H3. The highest BCUT2D eigenvalue weighted by Crippen LogP contribution is 2.35. The highest BCUT2D eigenvalue weighted by atomic mass is 19.3. The van der Waals surface area contributed by atoms with Crippen LogP contribution in [0.4, 0.5) is 14.6 Å². The number of esters is 1. The molecule has 0 amide bonds. The van der Waals surface area contributed by atoms with Gasteiger partial charge in [-0.2, -0.15) is 0 Å². The van der Waals surface area contributed by atoms with Crippen molar-refractivity contribution >= 4 is 11.8 Å². The molecule has 1 aromatic heterocycles. The quantitative estimate of drug-likeness (QED) is 0.499. The lowest BCUT2D eigenvalue weighted by Crippen LogP contribution is -2.12. The van der Waals surface area contributed by atoms with E-state index >= 15 is 0 Å². The smallest absolute Gasteiger partial charge is 0.372 e. The Bertz CT molecular complexity index is 507. The summed E-state index contributed by atoms with van der Waals surface area (Å²) in [5, 5.41) is 20.1. The maximum atomic E-state index is 12.9. The predicted molar refractivity (Wildman–Crippen MR) is 57.9 cm³/mol. The van der Waals surface area contributed by atoms with Crippen LogP contribution in [0.2, 0.25) is 0 Å². The number of carbonyl (C=O) groups is 1. The van der Waals surface area contributed by atoms with E-state index in [0.29, 0.717) is 6.20 Å². The van der Waals surface area contributed by atoms with E-state index in [0.717, 1.165) is 0 Å². The Morgan fingerprint density at radius 2 is 2.26 bits per heavy atom. The lowest BCUT2D eigenvalue weighted by Gasteiger charge is -2.09. The first-order valence-corrected chi connectivity index (χ1v) is 5.17. The van der Waals surface area contributed by atoms with Crippen LogP contribution >= 0.6 is 0 Å². The van der Waals surface area contributed by atoms with Gasteiger partial charge in [0.05, 0.1) is 13.0 Å². The number of nitro groups is 1. The van der Waals surface area contributed by atoms with Gasteiger partial charge in [0.1, 0.15) is 5.56 Å². The number of aromatic hydroxyl groups is 1. The second-order valence-electron chi connectivity index (χ2n) is 3.40. The highest BCUT2D eigenvalue weighted by molar-refractivity contribution is 5.74. The first-order valence-electron chi connectivity index (χ1n) is 5.17. The minimum atomic E-state index is -3.25. The van der Waals surface area contributed by atoms with E-state index in [1.165, 1.54) is 6.92 Å². The van der Waals surface area contributed by atoms with E-state index in [1.807, 2.05) is 0 Å². The zero-order valence-electron chi connectivity index (χ0n) is 9.80. The van der Waals surface area contributed by atoms with E-state index < -0.39 is 46.4 Å². The van der Waals surface area contributed by atoms with Crippen LogP contribution in [0.1, 0.15) is 24.5 Å². The van der Waals surface area contributed by atoms with Crippen LogP contribution in [0.3, 0.4) is 0 Å². The van der Waals surface area contributed by atoms with Crippen LogP contribution in [-0.2, 0) is 16.0 Å². The molecule has 104 valence electrons. The van der Waals surface area contributed by atoms with Gasteiger partial charge in [-0.05, 0) is 16.8 Å². The molecule has 0 aliphatic rings. The molecule has 1 aromatic rings. The lowest BCUT2D eigenvalue weighted by molar-refractivity contribution is -0.391. The van der Waals surface area contributed by atoms with Gasteiger partial charge in [-0.1, -0.05) is 0 Å². The van der Waals surface area contributed by atoms with E-state index in [4.69, 9.17) is 0 Å². The molecule has 0 radical (unpaired) electrons. The molecule has 0 unspecified atom stereocenters. The first-order chi connectivity index (χ1) is 8.88. The van der Waals surface area contributed by atoms with Crippen molar-refractivity contribution in [1.82, 2.24) is 4.98 Å². The van der Waals surface area contributed by atoms with E-state index in [9.17, 15) is 28.8 Å². The van der Waals surface area contributed by atoms with Crippen LogP contribution in [0.5, 0.6) is 5.75 Å². The molecular weight excluding hydrogens is 266 g/mol. The highest BCUT2D eigenvalue weighted by Gasteiger charge is 2.30. The Balaban J connectivity index is 3.31. The Kier molecular flexibility index (Phi) is 4.67. The molecule has 19 heavy (non-hydrogen) atoms. The molecule has 7 nitrogen and oxygen atoms in total. The van der Waals surface area contributed by atoms with Gasteiger partial charge >= 0.3 is 11.8 Å². The van der Waals surface area contributed by atoms with E-state index in [-0.39, 0.29) is 6.61 Å². The molecular formula is C10H10F2N2O5.